The standard InChI is InChI=1S/2C30H41.C2H7Si.2ClH.Zr/c2*1-11-12-20-13-14-21-15-25(30(8,9)10)19-26(21)27(20)22-16-23(28(2,3)4)18-24(17-22)29(5,6)7;1-3-2;;;/h2*13-19H,11-12H2,1-10H3;3H,1-2H3;2*1H;/q;;;;;+2/p-2. The second-order valence-electron chi connectivity index (χ2n) is 27.2. The third-order valence-electron chi connectivity index (χ3n) is 15.5. The molecule has 2 atom stereocenters. The second kappa shape index (κ2) is 17.7. The van der Waals surface area contributed by atoms with Crippen LogP contribution >= 0.6 is 17.0 Å². The van der Waals surface area contributed by atoms with Gasteiger partial charge in [0, 0.05) is 0 Å². The molecular formula is C62H89Cl2SiZr. The van der Waals surface area contributed by atoms with Gasteiger partial charge in [-0.05, 0) is 0 Å². The number of aryl methyl sites for hydroxylation is 2. The number of fused-ring (bicyclic) bond motifs is 2. The Hall–Kier alpha value is -1.96. The van der Waals surface area contributed by atoms with E-state index in [-0.39, 0.29) is 39.7 Å². The van der Waals surface area contributed by atoms with Crippen LogP contribution in [0.4, 0.5) is 0 Å². The van der Waals surface area contributed by atoms with Crippen molar-refractivity contribution in [2.24, 2.45) is 10.8 Å². The summed E-state index contributed by atoms with van der Waals surface area (Å²) in [7, 11) is 18.6. The summed E-state index contributed by atoms with van der Waals surface area (Å²) in [6.07, 6.45) is 9.44. The number of rotatable bonds is 9. The average Bonchev–Trinajstić information content (AvgIpc) is 3.78. The Balaban J connectivity index is 1.76. The van der Waals surface area contributed by atoms with Gasteiger partial charge in [-0.1, -0.05) is 0 Å². The molecule has 2 aliphatic rings. The maximum absolute atomic E-state index is 9.29. The van der Waals surface area contributed by atoms with Crippen LogP contribution in [0.5, 0.6) is 0 Å². The molecule has 0 N–H and O–H groups in total. The van der Waals surface area contributed by atoms with Crippen LogP contribution in [0.15, 0.2) is 71.8 Å². The molecule has 0 spiro atoms. The van der Waals surface area contributed by atoms with Crippen molar-refractivity contribution in [3.63, 3.8) is 0 Å². The quantitative estimate of drug-likeness (QED) is 0.147. The van der Waals surface area contributed by atoms with Crippen molar-refractivity contribution in [1.29, 1.82) is 0 Å². The molecule has 0 amide bonds. The van der Waals surface area contributed by atoms with Crippen molar-refractivity contribution in [1.82, 2.24) is 0 Å². The first-order valence-corrected chi connectivity index (χ1v) is 41.9. The van der Waals surface area contributed by atoms with Crippen molar-refractivity contribution in [3.8, 4) is 22.3 Å². The van der Waals surface area contributed by atoms with Crippen LogP contribution in [-0.4, -0.2) is 5.92 Å². The minimum absolute atomic E-state index is 0.00275. The topological polar surface area (TPSA) is 0 Å². The van der Waals surface area contributed by atoms with Crippen molar-refractivity contribution in [2.45, 2.75) is 206 Å². The summed E-state index contributed by atoms with van der Waals surface area (Å²) in [6, 6.07) is 24.9. The monoisotopic (exact) mass is 1020 g/mol. The Morgan fingerprint density at radius 1 is 0.439 bits per heavy atom. The third-order valence-corrected chi connectivity index (χ3v) is 67.0. The Labute approximate surface area is 414 Å². The van der Waals surface area contributed by atoms with Gasteiger partial charge in [-0.15, -0.1) is 0 Å². The van der Waals surface area contributed by atoms with E-state index in [0.29, 0.717) is 0 Å². The summed E-state index contributed by atoms with van der Waals surface area (Å²) in [5.41, 5.74) is 21.9. The Morgan fingerprint density at radius 2 is 0.727 bits per heavy atom. The van der Waals surface area contributed by atoms with E-state index in [4.69, 9.17) is 0 Å². The van der Waals surface area contributed by atoms with E-state index in [1.807, 2.05) is 0 Å². The van der Waals surface area contributed by atoms with Gasteiger partial charge in [-0.2, -0.15) is 0 Å². The van der Waals surface area contributed by atoms with Gasteiger partial charge in [0.25, 0.3) is 0 Å². The Morgan fingerprint density at radius 3 is 0.955 bits per heavy atom. The molecule has 6 rings (SSSR count). The molecule has 0 bridgehead atoms. The zero-order valence-corrected chi connectivity index (χ0v) is 50.9. The fourth-order valence-corrected chi connectivity index (χ4v) is 42.6. The third kappa shape index (κ3) is 9.74. The Bertz CT molecular complexity index is 2340. The van der Waals surface area contributed by atoms with Gasteiger partial charge in [0.15, 0.2) is 0 Å². The van der Waals surface area contributed by atoms with Crippen molar-refractivity contribution >= 4 is 35.1 Å². The van der Waals surface area contributed by atoms with Crippen LogP contribution in [0.2, 0.25) is 13.1 Å². The summed E-state index contributed by atoms with van der Waals surface area (Å²) in [4.78, 5) is 0. The predicted molar refractivity (Wildman–Crippen MR) is 297 cm³/mol. The van der Waals surface area contributed by atoms with Crippen LogP contribution in [0.3, 0.4) is 0 Å². The number of halogens is 2. The first-order valence-electron chi connectivity index (χ1n) is 25.6. The zero-order valence-electron chi connectivity index (χ0n) is 45.7. The predicted octanol–water partition coefficient (Wildman–Crippen LogP) is 19.8. The van der Waals surface area contributed by atoms with Crippen molar-refractivity contribution in [3.05, 3.63) is 127 Å². The average molecular weight is 1020 g/mol. The SMILES string of the molecule is CCCc1ccc2c(c1-c1cc(C(C)(C)C)cc(C(C)(C)C)c1)C=C(C(C)(C)C)[CH]2[Zr]([Cl])([Cl])([CH]1C(C(C)(C)C)=Cc2c1ccc(CCC)c2-c1cc(C(C)(C)C)cc(C(C)(C)C)c1)[SiH](C)C. The molecule has 2 aliphatic carbocycles. The fourth-order valence-electron chi connectivity index (χ4n) is 11.2. The molecule has 0 fully saturated rings. The molecule has 0 radical (unpaired) electrons. The molecule has 0 saturated heterocycles. The van der Waals surface area contributed by atoms with Gasteiger partial charge in [0.1, 0.15) is 0 Å². The molecule has 0 aliphatic heterocycles. The summed E-state index contributed by atoms with van der Waals surface area (Å²) in [5.74, 6) is -1.85. The van der Waals surface area contributed by atoms with Crippen molar-refractivity contribution in [2.75, 3.05) is 0 Å². The molecule has 359 valence electrons. The van der Waals surface area contributed by atoms with E-state index in [0.717, 1.165) is 25.7 Å². The Kier molecular flexibility index (Phi) is 14.3. The molecule has 4 aromatic rings. The van der Waals surface area contributed by atoms with Crippen LogP contribution in [0.25, 0.3) is 34.4 Å². The molecule has 2 unspecified atom stereocenters. The molecule has 0 aromatic heterocycles. The fraction of sp³-hybridized carbons (Fsp3) is 0.548. The molecule has 4 aromatic carbocycles. The van der Waals surface area contributed by atoms with Gasteiger partial charge in [0.2, 0.25) is 0 Å². The van der Waals surface area contributed by atoms with E-state index < -0.39 is 21.5 Å². The number of benzene rings is 4. The number of allylic oxidation sites excluding steroid dienone is 2. The van der Waals surface area contributed by atoms with Gasteiger partial charge >= 0.3 is 417 Å². The number of hydrogen-bond acceptors (Lipinski definition) is 0. The van der Waals surface area contributed by atoms with Crippen LogP contribution in [0.1, 0.15) is 214 Å². The zero-order chi connectivity index (χ0) is 49.7. The van der Waals surface area contributed by atoms with E-state index in [1.165, 1.54) is 89.0 Å². The van der Waals surface area contributed by atoms with Gasteiger partial charge in [-0.3, -0.25) is 0 Å². The maximum atomic E-state index is 9.29. The van der Waals surface area contributed by atoms with Crippen molar-refractivity contribution < 1.29 is 15.6 Å². The molecule has 0 nitrogen and oxygen atoms in total. The molecular weight excluding hydrogens is 935 g/mol. The van der Waals surface area contributed by atoms with E-state index in [9.17, 15) is 17.0 Å². The summed E-state index contributed by atoms with van der Waals surface area (Å²) < 4.78 is -0.0353. The van der Waals surface area contributed by atoms with Gasteiger partial charge in [-0.25, -0.2) is 0 Å². The normalized spacial score (nSPS) is 18.0. The van der Waals surface area contributed by atoms with E-state index >= 15 is 0 Å². The minimum atomic E-state index is -5.27. The van der Waals surface area contributed by atoms with Crippen LogP contribution in [0, 0.1) is 10.8 Å². The first kappa shape index (κ1) is 53.4. The molecule has 66 heavy (non-hydrogen) atoms. The molecule has 4 heteroatoms. The van der Waals surface area contributed by atoms with Crippen LogP contribution < -0.4 is 0 Å². The number of hydrogen-bond donors (Lipinski definition) is 0. The summed E-state index contributed by atoms with van der Waals surface area (Å²) in [6.45, 7) is 52.5. The van der Waals surface area contributed by atoms with Crippen LogP contribution in [-0.2, 0) is 50.1 Å². The van der Waals surface area contributed by atoms with Gasteiger partial charge in [0.05, 0.1) is 0 Å². The molecule has 0 heterocycles. The van der Waals surface area contributed by atoms with E-state index in [1.54, 1.807) is 0 Å². The summed E-state index contributed by atoms with van der Waals surface area (Å²) in [5, 5.41) is 0. The summed E-state index contributed by atoms with van der Waals surface area (Å²) >= 11 is -5.27. The second-order valence-corrected chi connectivity index (χ2v) is 69.8. The first-order chi connectivity index (χ1) is 30.0. The van der Waals surface area contributed by atoms with Gasteiger partial charge < -0.3 is 0 Å². The van der Waals surface area contributed by atoms with E-state index in [2.05, 4.69) is 224 Å². The molecule has 0 saturated carbocycles.